The Bertz CT molecular complexity index is 1550. The molecule has 0 aliphatic carbocycles. The summed E-state index contributed by atoms with van der Waals surface area (Å²) in [5, 5.41) is 5.27. The molecule has 2 aromatic heterocycles. The molecule has 1 aliphatic rings. The van der Waals surface area contributed by atoms with E-state index >= 15 is 0 Å². The number of hydrogen-bond donors (Lipinski definition) is 0. The van der Waals surface area contributed by atoms with Crippen molar-refractivity contribution in [3.05, 3.63) is 71.9 Å². The van der Waals surface area contributed by atoms with E-state index in [4.69, 9.17) is 9.72 Å². The SMILES string of the molecule is CC(C)CC1Cc2c(ccc3sc4c(-c5cc(C(C)(C)C)c6ccccc6c5)nccc4c23)O1. The molecule has 0 N–H and O–H groups in total. The van der Waals surface area contributed by atoms with Crippen LogP contribution in [0.25, 0.3) is 42.2 Å². The molecule has 172 valence electrons. The van der Waals surface area contributed by atoms with Crippen molar-refractivity contribution >= 4 is 42.3 Å². The van der Waals surface area contributed by atoms with Gasteiger partial charge in [-0.1, -0.05) is 58.9 Å². The molecular weight excluding hydrogens is 434 g/mol. The quantitative estimate of drug-likeness (QED) is 0.265. The van der Waals surface area contributed by atoms with Gasteiger partial charge < -0.3 is 4.74 Å². The molecule has 1 unspecified atom stereocenters. The Morgan fingerprint density at radius 3 is 2.65 bits per heavy atom. The van der Waals surface area contributed by atoms with Crippen molar-refractivity contribution in [2.45, 2.75) is 59.0 Å². The maximum atomic E-state index is 6.35. The van der Waals surface area contributed by atoms with Gasteiger partial charge in [-0.05, 0) is 64.4 Å². The van der Waals surface area contributed by atoms with Crippen molar-refractivity contribution in [1.29, 1.82) is 0 Å². The highest BCUT2D eigenvalue weighted by atomic mass is 32.1. The average molecular weight is 466 g/mol. The van der Waals surface area contributed by atoms with E-state index in [1.807, 2.05) is 17.5 Å². The van der Waals surface area contributed by atoms with E-state index in [-0.39, 0.29) is 11.5 Å². The molecule has 0 fully saturated rings. The van der Waals surface area contributed by atoms with Crippen LogP contribution in [0.15, 0.2) is 60.8 Å². The van der Waals surface area contributed by atoms with E-state index in [1.54, 1.807) is 0 Å². The van der Waals surface area contributed by atoms with E-state index in [0.29, 0.717) is 5.92 Å². The van der Waals surface area contributed by atoms with Gasteiger partial charge in [0.05, 0.1) is 10.4 Å². The van der Waals surface area contributed by atoms with Crippen LogP contribution in [-0.4, -0.2) is 11.1 Å². The number of nitrogens with zero attached hydrogens (tertiary/aromatic N) is 1. The highest BCUT2D eigenvalue weighted by Crippen LogP contribution is 2.46. The van der Waals surface area contributed by atoms with Crippen LogP contribution in [-0.2, 0) is 11.8 Å². The molecule has 34 heavy (non-hydrogen) atoms. The smallest absolute Gasteiger partial charge is 0.123 e. The fraction of sp³-hybridized carbons (Fsp3) is 0.323. The molecule has 0 radical (unpaired) electrons. The van der Waals surface area contributed by atoms with Gasteiger partial charge in [-0.15, -0.1) is 11.3 Å². The molecule has 0 saturated heterocycles. The molecule has 0 spiro atoms. The summed E-state index contributed by atoms with van der Waals surface area (Å²) in [6, 6.07) is 20.0. The third-order valence-corrected chi connectivity index (χ3v) is 8.20. The van der Waals surface area contributed by atoms with Gasteiger partial charge in [0, 0.05) is 39.2 Å². The van der Waals surface area contributed by atoms with Crippen molar-refractivity contribution in [2.75, 3.05) is 0 Å². The van der Waals surface area contributed by atoms with Crippen molar-refractivity contribution in [1.82, 2.24) is 4.98 Å². The monoisotopic (exact) mass is 465 g/mol. The Labute approximate surface area is 205 Å². The topological polar surface area (TPSA) is 22.1 Å². The minimum absolute atomic E-state index is 0.0489. The van der Waals surface area contributed by atoms with Crippen LogP contribution < -0.4 is 4.74 Å². The maximum Gasteiger partial charge on any atom is 0.123 e. The predicted octanol–water partition coefficient (Wildman–Crippen LogP) is 8.92. The fourth-order valence-electron chi connectivity index (χ4n) is 5.54. The Morgan fingerprint density at radius 1 is 1.03 bits per heavy atom. The number of hydrogen-bond acceptors (Lipinski definition) is 3. The lowest BCUT2D eigenvalue weighted by atomic mass is 9.82. The number of rotatable bonds is 3. The summed E-state index contributed by atoms with van der Waals surface area (Å²) in [6.07, 6.45) is 4.36. The molecule has 5 aromatic rings. The van der Waals surface area contributed by atoms with Gasteiger partial charge in [-0.25, -0.2) is 0 Å². The Kier molecular flexibility index (Phi) is 4.97. The van der Waals surface area contributed by atoms with Gasteiger partial charge in [-0.2, -0.15) is 0 Å². The highest BCUT2D eigenvalue weighted by molar-refractivity contribution is 7.26. The first-order chi connectivity index (χ1) is 16.3. The average Bonchev–Trinajstić information content (AvgIpc) is 3.37. The molecule has 6 rings (SSSR count). The number of thiophene rings is 1. The standard InChI is InChI=1S/C31H31NOS/c1-18(2)14-21-17-24-26(33-21)10-11-27-28(24)23-12-13-32-29(30(23)34-27)20-15-19-8-6-7-9-22(19)25(16-20)31(3,4)5/h6-13,15-16,18,21H,14,17H2,1-5H3. The molecule has 0 amide bonds. The number of ether oxygens (including phenoxy) is 1. The number of aromatic nitrogens is 1. The molecule has 3 aromatic carbocycles. The fourth-order valence-corrected chi connectivity index (χ4v) is 6.78. The van der Waals surface area contributed by atoms with Gasteiger partial charge in [-0.3, -0.25) is 4.98 Å². The molecular formula is C31H31NOS. The van der Waals surface area contributed by atoms with Gasteiger partial charge in [0.15, 0.2) is 0 Å². The maximum absolute atomic E-state index is 6.35. The normalized spacial score (nSPS) is 16.0. The van der Waals surface area contributed by atoms with Crippen molar-refractivity contribution in [3.8, 4) is 17.0 Å². The van der Waals surface area contributed by atoms with Crippen LogP contribution >= 0.6 is 11.3 Å². The number of pyridine rings is 1. The summed E-state index contributed by atoms with van der Waals surface area (Å²) in [5.41, 5.74) is 5.08. The highest BCUT2D eigenvalue weighted by Gasteiger charge is 2.28. The number of fused-ring (bicyclic) bond motifs is 6. The summed E-state index contributed by atoms with van der Waals surface area (Å²) in [5.74, 6) is 1.70. The lowest BCUT2D eigenvalue weighted by Gasteiger charge is -2.22. The van der Waals surface area contributed by atoms with Crippen LogP contribution in [0.5, 0.6) is 5.75 Å². The molecule has 1 atom stereocenters. The summed E-state index contributed by atoms with van der Waals surface area (Å²) in [7, 11) is 0. The summed E-state index contributed by atoms with van der Waals surface area (Å²) in [6.45, 7) is 11.4. The van der Waals surface area contributed by atoms with Gasteiger partial charge >= 0.3 is 0 Å². The zero-order valence-corrected chi connectivity index (χ0v) is 21.4. The molecule has 0 saturated carbocycles. The molecule has 3 heterocycles. The van der Waals surface area contributed by atoms with Gasteiger partial charge in [0.2, 0.25) is 0 Å². The number of benzene rings is 3. The summed E-state index contributed by atoms with van der Waals surface area (Å²) < 4.78 is 8.95. The third kappa shape index (κ3) is 3.49. The van der Waals surface area contributed by atoms with E-state index < -0.39 is 0 Å². The molecule has 0 bridgehead atoms. The summed E-state index contributed by atoms with van der Waals surface area (Å²) >= 11 is 1.86. The zero-order chi connectivity index (χ0) is 23.6. The first kappa shape index (κ1) is 21.6. The zero-order valence-electron chi connectivity index (χ0n) is 20.6. The largest absolute Gasteiger partial charge is 0.490 e. The van der Waals surface area contributed by atoms with E-state index in [1.165, 1.54) is 47.6 Å². The van der Waals surface area contributed by atoms with E-state index in [9.17, 15) is 0 Å². The summed E-state index contributed by atoms with van der Waals surface area (Å²) in [4.78, 5) is 4.93. The minimum atomic E-state index is 0.0489. The van der Waals surface area contributed by atoms with E-state index in [0.717, 1.165) is 24.3 Å². The minimum Gasteiger partial charge on any atom is -0.490 e. The van der Waals surface area contributed by atoms with Crippen molar-refractivity contribution in [3.63, 3.8) is 0 Å². The Balaban J connectivity index is 1.57. The van der Waals surface area contributed by atoms with Gasteiger partial charge in [0.25, 0.3) is 0 Å². The van der Waals surface area contributed by atoms with Crippen LogP contribution in [0.1, 0.15) is 52.2 Å². The molecule has 3 heteroatoms. The second-order valence-corrected chi connectivity index (χ2v) is 12.2. The third-order valence-electron chi connectivity index (χ3n) is 7.02. The first-order valence-electron chi connectivity index (χ1n) is 12.3. The van der Waals surface area contributed by atoms with Crippen LogP contribution in [0.3, 0.4) is 0 Å². The second-order valence-electron chi connectivity index (χ2n) is 11.1. The van der Waals surface area contributed by atoms with Crippen LogP contribution in [0.2, 0.25) is 0 Å². The lowest BCUT2D eigenvalue weighted by Crippen LogP contribution is -2.15. The predicted molar refractivity (Wildman–Crippen MR) is 146 cm³/mol. The molecule has 2 nitrogen and oxygen atoms in total. The Hall–Kier alpha value is -2.91. The van der Waals surface area contributed by atoms with E-state index in [2.05, 4.69) is 89.2 Å². The van der Waals surface area contributed by atoms with Crippen LogP contribution in [0.4, 0.5) is 0 Å². The molecule has 1 aliphatic heterocycles. The van der Waals surface area contributed by atoms with Crippen molar-refractivity contribution < 1.29 is 4.74 Å². The second kappa shape index (κ2) is 7.81. The van der Waals surface area contributed by atoms with Crippen LogP contribution in [0, 0.1) is 5.92 Å². The first-order valence-corrected chi connectivity index (χ1v) is 13.1. The lowest BCUT2D eigenvalue weighted by molar-refractivity contribution is 0.202. The Morgan fingerprint density at radius 2 is 1.85 bits per heavy atom. The van der Waals surface area contributed by atoms with Crippen molar-refractivity contribution in [2.24, 2.45) is 5.92 Å². The van der Waals surface area contributed by atoms with Gasteiger partial charge in [0.1, 0.15) is 11.9 Å².